The number of benzene rings is 1. The van der Waals surface area contributed by atoms with Gasteiger partial charge in [0.25, 0.3) is 5.65 Å². The fourth-order valence-electron chi connectivity index (χ4n) is 4.05. The minimum atomic E-state index is 0.879. The van der Waals surface area contributed by atoms with E-state index in [-0.39, 0.29) is 0 Å². The number of pyridine rings is 2. The summed E-state index contributed by atoms with van der Waals surface area (Å²) in [4.78, 5) is 4.37. The molecule has 0 radical (unpaired) electrons. The maximum Gasteiger partial charge on any atom is 0.274 e. The van der Waals surface area contributed by atoms with Gasteiger partial charge in [0.2, 0.25) is 5.82 Å². The van der Waals surface area contributed by atoms with Gasteiger partial charge >= 0.3 is 0 Å². The van der Waals surface area contributed by atoms with E-state index in [0.29, 0.717) is 0 Å². The molecule has 1 aliphatic heterocycles. The number of para-hydroxylation sites is 1. The molecular formula is C21H15N4+. The second-order valence-electron chi connectivity index (χ2n) is 6.46. The molecule has 0 fully saturated rings. The normalized spacial score (nSPS) is 12.6. The lowest BCUT2D eigenvalue weighted by molar-refractivity contribution is -0.648. The SMILES string of the molecule is c1ccc(-n2c3[n+](c4c2cc2ccccn24)Cc2ccncc2-3)cc1. The van der Waals surface area contributed by atoms with Crippen molar-refractivity contribution in [2.75, 3.05) is 0 Å². The van der Waals surface area contributed by atoms with Gasteiger partial charge in [-0.15, -0.1) is 0 Å². The lowest BCUT2D eigenvalue weighted by Gasteiger charge is -2.03. The van der Waals surface area contributed by atoms with Crippen LogP contribution in [0.1, 0.15) is 5.56 Å². The highest BCUT2D eigenvalue weighted by Crippen LogP contribution is 2.34. The smallest absolute Gasteiger partial charge is 0.264 e. The number of hydrogen-bond acceptors (Lipinski definition) is 1. The van der Waals surface area contributed by atoms with E-state index < -0.39 is 0 Å². The second kappa shape index (κ2) is 4.57. The van der Waals surface area contributed by atoms with Crippen molar-refractivity contribution in [2.45, 2.75) is 6.54 Å². The Balaban J connectivity index is 1.83. The molecule has 118 valence electrons. The van der Waals surface area contributed by atoms with Crippen LogP contribution in [-0.2, 0) is 6.54 Å². The standard InChI is InChI=1S/C21H15N4/c1-2-6-16(7-3-1)25-19-12-17-8-4-5-11-23(17)21(19)24-14-15-9-10-22-13-18(15)20(24)25/h1-13H,14H2/q+1. The van der Waals surface area contributed by atoms with Gasteiger partial charge in [-0.25, -0.2) is 13.5 Å². The molecule has 6 rings (SSSR count). The van der Waals surface area contributed by atoms with Crippen molar-refractivity contribution in [1.82, 2.24) is 14.0 Å². The zero-order chi connectivity index (χ0) is 16.4. The van der Waals surface area contributed by atoms with Crippen LogP contribution in [0.5, 0.6) is 0 Å². The minimum absolute atomic E-state index is 0.879. The minimum Gasteiger partial charge on any atom is -0.264 e. The van der Waals surface area contributed by atoms with E-state index in [4.69, 9.17) is 0 Å². The Morgan fingerprint density at radius 3 is 2.76 bits per heavy atom. The highest BCUT2D eigenvalue weighted by Gasteiger charge is 2.35. The predicted octanol–water partition coefficient (Wildman–Crippen LogP) is 3.59. The van der Waals surface area contributed by atoms with Crippen LogP contribution in [0.25, 0.3) is 33.8 Å². The van der Waals surface area contributed by atoms with Gasteiger partial charge in [-0.2, -0.15) is 0 Å². The van der Waals surface area contributed by atoms with E-state index in [1.165, 1.54) is 39.3 Å². The molecule has 0 aliphatic carbocycles. The number of aromatic nitrogens is 4. The van der Waals surface area contributed by atoms with Crippen molar-refractivity contribution in [3.05, 3.63) is 84.8 Å². The van der Waals surface area contributed by atoms with E-state index in [1.807, 2.05) is 12.4 Å². The van der Waals surface area contributed by atoms with Crippen LogP contribution in [0.4, 0.5) is 0 Å². The Morgan fingerprint density at radius 2 is 1.84 bits per heavy atom. The first-order valence-electron chi connectivity index (χ1n) is 8.45. The van der Waals surface area contributed by atoms with Gasteiger partial charge in [-0.1, -0.05) is 24.3 Å². The van der Waals surface area contributed by atoms with Crippen LogP contribution in [0.15, 0.2) is 79.3 Å². The first-order chi connectivity index (χ1) is 12.4. The maximum atomic E-state index is 4.37. The fourth-order valence-corrected chi connectivity index (χ4v) is 4.05. The zero-order valence-electron chi connectivity index (χ0n) is 13.5. The van der Waals surface area contributed by atoms with Gasteiger partial charge in [-0.3, -0.25) is 4.98 Å². The lowest BCUT2D eigenvalue weighted by atomic mass is 10.1. The first-order valence-corrected chi connectivity index (χ1v) is 8.45. The monoisotopic (exact) mass is 323 g/mol. The Morgan fingerprint density at radius 1 is 0.960 bits per heavy atom. The first kappa shape index (κ1) is 13.0. The summed E-state index contributed by atoms with van der Waals surface area (Å²) >= 11 is 0. The van der Waals surface area contributed by atoms with Crippen LogP contribution in [0, 0.1) is 0 Å². The fraction of sp³-hybridized carbons (Fsp3) is 0.0476. The lowest BCUT2D eigenvalue weighted by Crippen LogP contribution is -2.32. The summed E-state index contributed by atoms with van der Waals surface area (Å²) in [5.41, 5.74) is 7.37. The molecule has 0 N–H and O–H groups in total. The molecule has 4 aromatic heterocycles. The topological polar surface area (TPSA) is 26.1 Å². The highest BCUT2D eigenvalue weighted by atomic mass is 15.2. The van der Waals surface area contributed by atoms with Crippen LogP contribution >= 0.6 is 0 Å². The number of hydrogen-bond donors (Lipinski definition) is 0. The molecule has 0 saturated carbocycles. The molecule has 0 spiro atoms. The summed E-state index contributed by atoms with van der Waals surface area (Å²) in [6.45, 7) is 0.879. The molecule has 4 heteroatoms. The van der Waals surface area contributed by atoms with Gasteiger partial charge in [-0.05, 0) is 30.3 Å². The summed E-state index contributed by atoms with van der Waals surface area (Å²) in [6, 6.07) is 21.3. The van der Waals surface area contributed by atoms with E-state index in [9.17, 15) is 0 Å². The van der Waals surface area contributed by atoms with Crippen LogP contribution in [0.3, 0.4) is 0 Å². The van der Waals surface area contributed by atoms with E-state index in [2.05, 4.69) is 85.4 Å². The largest absolute Gasteiger partial charge is 0.274 e. The molecule has 0 atom stereocenters. The molecule has 25 heavy (non-hydrogen) atoms. The molecule has 0 bridgehead atoms. The Kier molecular flexibility index (Phi) is 2.37. The quantitative estimate of drug-likeness (QED) is 0.425. The summed E-state index contributed by atoms with van der Waals surface area (Å²) in [6.07, 6.45) is 6.01. The van der Waals surface area contributed by atoms with Crippen molar-refractivity contribution in [2.24, 2.45) is 0 Å². The van der Waals surface area contributed by atoms with Crippen LogP contribution in [0.2, 0.25) is 0 Å². The predicted molar refractivity (Wildman–Crippen MR) is 96.8 cm³/mol. The van der Waals surface area contributed by atoms with Gasteiger partial charge in [0.15, 0.2) is 5.52 Å². The summed E-state index contributed by atoms with van der Waals surface area (Å²) in [7, 11) is 0. The van der Waals surface area contributed by atoms with Gasteiger partial charge < -0.3 is 0 Å². The average molecular weight is 323 g/mol. The average Bonchev–Trinajstić information content (AvgIpc) is 3.29. The van der Waals surface area contributed by atoms with E-state index in [1.54, 1.807) is 0 Å². The zero-order valence-corrected chi connectivity index (χ0v) is 13.5. The molecule has 5 aromatic rings. The van der Waals surface area contributed by atoms with Crippen molar-refractivity contribution < 1.29 is 4.57 Å². The third-order valence-corrected chi connectivity index (χ3v) is 5.09. The molecule has 0 unspecified atom stereocenters. The van der Waals surface area contributed by atoms with Crippen LogP contribution in [-0.4, -0.2) is 14.0 Å². The molecular weight excluding hydrogens is 308 g/mol. The maximum absolute atomic E-state index is 4.37. The van der Waals surface area contributed by atoms with Gasteiger partial charge in [0.1, 0.15) is 11.2 Å². The number of fused-ring (bicyclic) bond motifs is 7. The highest BCUT2D eigenvalue weighted by molar-refractivity contribution is 5.85. The number of imidazole rings is 1. The third kappa shape index (κ3) is 1.61. The molecule has 5 heterocycles. The van der Waals surface area contributed by atoms with Crippen molar-refractivity contribution >= 4 is 16.7 Å². The molecule has 1 aromatic carbocycles. The summed E-state index contributed by atoms with van der Waals surface area (Å²) in [5.74, 6) is 1.21. The molecule has 4 nitrogen and oxygen atoms in total. The van der Waals surface area contributed by atoms with Crippen LogP contribution < -0.4 is 4.57 Å². The number of nitrogens with zero attached hydrogens (tertiary/aromatic N) is 4. The molecule has 0 amide bonds. The van der Waals surface area contributed by atoms with Crippen molar-refractivity contribution in [3.63, 3.8) is 0 Å². The Labute approximate surface area is 144 Å². The van der Waals surface area contributed by atoms with Gasteiger partial charge in [0, 0.05) is 24.0 Å². The summed E-state index contributed by atoms with van der Waals surface area (Å²) in [5, 5.41) is 0. The summed E-state index contributed by atoms with van der Waals surface area (Å²) < 4.78 is 7.04. The van der Waals surface area contributed by atoms with Crippen molar-refractivity contribution in [3.8, 4) is 17.1 Å². The van der Waals surface area contributed by atoms with Gasteiger partial charge in [0.05, 0.1) is 18.3 Å². The number of rotatable bonds is 1. The van der Waals surface area contributed by atoms with Crippen molar-refractivity contribution in [1.29, 1.82) is 0 Å². The molecule has 0 saturated heterocycles. The van der Waals surface area contributed by atoms with E-state index in [0.717, 1.165) is 6.54 Å². The Bertz CT molecular complexity index is 1260. The third-order valence-electron chi connectivity index (χ3n) is 5.09. The second-order valence-corrected chi connectivity index (χ2v) is 6.46. The van der Waals surface area contributed by atoms with E-state index >= 15 is 0 Å². The Hall–Kier alpha value is -3.40. The molecule has 1 aliphatic rings.